The monoisotopic (exact) mass is 879 g/mol. The number of likely N-dealkylation sites (tertiary alicyclic amines) is 1. The maximum Gasteiger partial charge on any atom is 0.425 e. The van der Waals surface area contributed by atoms with Crippen LogP contribution in [0.5, 0.6) is 0 Å². The Labute approximate surface area is 353 Å². The number of anilines is 1. The topological polar surface area (TPSA) is 227 Å². The van der Waals surface area contributed by atoms with Crippen molar-refractivity contribution >= 4 is 67.8 Å². The minimum absolute atomic E-state index is 0.0117. The molecule has 59 heavy (non-hydrogen) atoms. The first kappa shape index (κ1) is 49.2. The minimum Gasteiger partial charge on any atom is -0.465 e. The zero-order valence-corrected chi connectivity index (χ0v) is 36.1. The van der Waals surface area contributed by atoms with E-state index in [1.54, 1.807) is 11.8 Å². The molecule has 15 nitrogen and oxygen atoms in total. The Kier molecular flexibility index (Phi) is 21.8. The quantitative estimate of drug-likeness (QED) is 0.0426. The highest BCUT2D eigenvalue weighted by Gasteiger charge is 2.38. The van der Waals surface area contributed by atoms with E-state index in [2.05, 4.69) is 10.6 Å². The average Bonchev–Trinajstić information content (AvgIpc) is 3.62. The Balaban J connectivity index is 0.00000222. The van der Waals surface area contributed by atoms with E-state index in [0.29, 0.717) is 12.1 Å². The SMILES string of the molecule is CC(=O)OCC1c2ccccc2-c2ccc(NC(=O)CCN3C(=O)CC(SCCCCCCCCCCCCCCCC(=O)NCCS(=O)(=O)O)C3=O)cc21.O=S(=O)=O. The summed E-state index contributed by atoms with van der Waals surface area (Å²) in [6.45, 7) is 1.59. The summed E-state index contributed by atoms with van der Waals surface area (Å²) in [7, 11) is -7.15. The third kappa shape index (κ3) is 18.8. The number of hydrogen-bond donors (Lipinski definition) is 3. The fourth-order valence-corrected chi connectivity index (χ4v) is 8.73. The molecule has 0 aromatic heterocycles. The number of nitrogens with one attached hydrogen (secondary N) is 2. The molecule has 4 amide bonds. The molecule has 1 fully saturated rings. The van der Waals surface area contributed by atoms with Gasteiger partial charge in [-0.1, -0.05) is 101 Å². The Morgan fingerprint density at radius 3 is 2.00 bits per heavy atom. The van der Waals surface area contributed by atoms with Gasteiger partial charge < -0.3 is 15.4 Å². The van der Waals surface area contributed by atoms with Crippen molar-refractivity contribution in [3.05, 3.63) is 53.6 Å². The molecule has 4 rings (SSSR count). The van der Waals surface area contributed by atoms with Crippen molar-refractivity contribution in [3.8, 4) is 11.1 Å². The predicted molar refractivity (Wildman–Crippen MR) is 225 cm³/mol. The number of hydrogen-bond acceptors (Lipinski definition) is 12. The van der Waals surface area contributed by atoms with Gasteiger partial charge in [-0.15, -0.1) is 24.4 Å². The van der Waals surface area contributed by atoms with Gasteiger partial charge in [0.1, 0.15) is 6.61 Å². The van der Waals surface area contributed by atoms with E-state index in [1.165, 1.54) is 50.3 Å². The molecule has 18 heteroatoms. The van der Waals surface area contributed by atoms with Crippen molar-refractivity contribution in [3.63, 3.8) is 0 Å². The summed E-state index contributed by atoms with van der Waals surface area (Å²) in [6.07, 6.45) is 15.1. The van der Waals surface area contributed by atoms with Gasteiger partial charge in [0.25, 0.3) is 10.1 Å². The van der Waals surface area contributed by atoms with Gasteiger partial charge in [0.2, 0.25) is 23.6 Å². The molecule has 0 bridgehead atoms. The lowest BCUT2D eigenvalue weighted by atomic mass is 9.97. The van der Waals surface area contributed by atoms with E-state index in [-0.39, 0.29) is 73.3 Å². The number of ether oxygens (including phenoxy) is 1. The van der Waals surface area contributed by atoms with Crippen LogP contribution in [0, 0.1) is 0 Å². The van der Waals surface area contributed by atoms with Gasteiger partial charge in [-0.3, -0.25) is 33.4 Å². The molecule has 2 aromatic rings. The molecule has 2 aromatic carbocycles. The first-order valence-electron chi connectivity index (χ1n) is 20.3. The highest BCUT2D eigenvalue weighted by atomic mass is 32.2. The van der Waals surface area contributed by atoms with Crippen LogP contribution in [-0.2, 0) is 49.4 Å². The number of carbonyl (C=O) groups excluding carboxylic acids is 5. The predicted octanol–water partition coefficient (Wildman–Crippen LogP) is 6.01. The number of unbranched alkanes of at least 4 members (excludes halogenated alkanes) is 12. The second kappa shape index (κ2) is 26.2. The van der Waals surface area contributed by atoms with E-state index < -0.39 is 26.5 Å². The number of benzene rings is 2. The Hall–Kier alpha value is -4.13. The fraction of sp³-hybridized carbons (Fsp3) is 0.585. The molecule has 2 aliphatic rings. The number of amides is 4. The molecular weight excluding hydrogens is 823 g/mol. The van der Waals surface area contributed by atoms with Gasteiger partial charge >= 0.3 is 16.6 Å². The standard InChI is InChI=1S/C41H57N3O9S2.O3S/c1-30(45)53-29-36-33-18-15-14-17-32(33)34-21-20-31(27-35(34)36)43-39(47)22-24-44-40(48)28-37(41(44)49)54-25-16-12-10-8-6-4-2-3-5-7-9-11-13-19-38(46)42-23-26-55(50,51)52;1-4(2)3/h14-15,17-18,20-21,27,36-37H,2-13,16,19,22-26,28-29H2,1H3,(H,42,46)(H,43,47)(H,50,51,52);. The zero-order chi connectivity index (χ0) is 43.2. The number of nitrogens with zero attached hydrogens (tertiary/aromatic N) is 1. The second-order valence-corrected chi connectivity index (χ2v) is 18.0. The number of thioether (sulfide) groups is 1. The van der Waals surface area contributed by atoms with E-state index >= 15 is 0 Å². The maximum atomic E-state index is 13.0. The van der Waals surface area contributed by atoms with E-state index in [0.717, 1.165) is 73.0 Å². The first-order chi connectivity index (χ1) is 28.2. The summed E-state index contributed by atoms with van der Waals surface area (Å²) >= 11 is 1.55. The third-order valence-electron chi connectivity index (χ3n) is 10.1. The van der Waals surface area contributed by atoms with Crippen LogP contribution in [0.1, 0.15) is 127 Å². The molecule has 0 saturated carbocycles. The Morgan fingerprint density at radius 2 is 1.39 bits per heavy atom. The van der Waals surface area contributed by atoms with Crippen LogP contribution in [0.3, 0.4) is 0 Å². The molecule has 0 radical (unpaired) electrons. The number of carbonyl (C=O) groups is 5. The van der Waals surface area contributed by atoms with Crippen molar-refractivity contribution in [1.29, 1.82) is 0 Å². The van der Waals surface area contributed by atoms with E-state index in [9.17, 15) is 32.4 Å². The lowest BCUT2D eigenvalue weighted by Crippen LogP contribution is -2.34. The summed E-state index contributed by atoms with van der Waals surface area (Å²) in [6, 6.07) is 13.7. The van der Waals surface area contributed by atoms with Crippen LogP contribution < -0.4 is 10.6 Å². The van der Waals surface area contributed by atoms with Crippen LogP contribution in [0.2, 0.25) is 0 Å². The maximum absolute atomic E-state index is 13.0. The molecular formula is C41H57N3O12S3. The average molecular weight is 880 g/mol. The minimum atomic E-state index is -4.04. The zero-order valence-electron chi connectivity index (χ0n) is 33.7. The highest BCUT2D eigenvalue weighted by Crippen LogP contribution is 2.45. The van der Waals surface area contributed by atoms with Gasteiger partial charge in [0, 0.05) is 50.9 Å². The summed E-state index contributed by atoms with van der Waals surface area (Å²) < 4.78 is 60.7. The molecule has 3 N–H and O–H groups in total. The number of fused-ring (bicyclic) bond motifs is 3. The fourth-order valence-electron chi connectivity index (χ4n) is 7.19. The van der Waals surface area contributed by atoms with Crippen molar-refractivity contribution in [1.82, 2.24) is 10.2 Å². The van der Waals surface area contributed by atoms with Crippen molar-refractivity contribution in [2.45, 2.75) is 121 Å². The molecule has 2 atom stereocenters. The van der Waals surface area contributed by atoms with Gasteiger partial charge in [0.15, 0.2) is 0 Å². The molecule has 326 valence electrons. The Morgan fingerprint density at radius 1 is 0.814 bits per heavy atom. The van der Waals surface area contributed by atoms with Crippen LogP contribution in [-0.4, -0.2) is 96.5 Å². The van der Waals surface area contributed by atoms with Gasteiger partial charge in [-0.25, -0.2) is 0 Å². The molecule has 2 unspecified atom stereocenters. The van der Waals surface area contributed by atoms with Crippen LogP contribution in [0.4, 0.5) is 5.69 Å². The lowest BCUT2D eigenvalue weighted by molar-refractivity contribution is -0.141. The van der Waals surface area contributed by atoms with Crippen molar-refractivity contribution in [2.24, 2.45) is 0 Å². The third-order valence-corrected chi connectivity index (χ3v) is 12.1. The van der Waals surface area contributed by atoms with Crippen LogP contribution >= 0.6 is 11.8 Å². The van der Waals surface area contributed by atoms with Crippen molar-refractivity contribution in [2.75, 3.05) is 36.5 Å². The molecule has 1 aliphatic heterocycles. The number of esters is 1. The Bertz CT molecular complexity index is 1950. The number of imide groups is 1. The highest BCUT2D eigenvalue weighted by molar-refractivity contribution is 8.00. The van der Waals surface area contributed by atoms with Crippen LogP contribution in [0.15, 0.2) is 42.5 Å². The largest absolute Gasteiger partial charge is 0.465 e. The molecule has 1 saturated heterocycles. The van der Waals surface area contributed by atoms with Gasteiger partial charge in [-0.2, -0.15) is 8.42 Å². The van der Waals surface area contributed by atoms with Crippen LogP contribution in [0.25, 0.3) is 11.1 Å². The van der Waals surface area contributed by atoms with E-state index in [1.807, 2.05) is 42.5 Å². The van der Waals surface area contributed by atoms with Gasteiger partial charge in [0.05, 0.1) is 11.0 Å². The van der Waals surface area contributed by atoms with Crippen molar-refractivity contribution < 1.29 is 54.3 Å². The molecule has 0 spiro atoms. The lowest BCUT2D eigenvalue weighted by Gasteiger charge is -2.16. The number of rotatable bonds is 26. The van der Waals surface area contributed by atoms with Gasteiger partial charge in [-0.05, 0) is 53.0 Å². The van der Waals surface area contributed by atoms with E-state index in [4.69, 9.17) is 21.9 Å². The summed E-state index contributed by atoms with van der Waals surface area (Å²) in [5.41, 5.74) is 4.77. The smallest absolute Gasteiger partial charge is 0.425 e. The first-order valence-corrected chi connectivity index (χ1v) is 23.9. The summed E-state index contributed by atoms with van der Waals surface area (Å²) in [4.78, 5) is 63.0. The molecule has 1 heterocycles. The summed E-state index contributed by atoms with van der Waals surface area (Å²) in [5, 5.41) is 5.04. The summed E-state index contributed by atoms with van der Waals surface area (Å²) in [5.74, 6) is -1.00. The second-order valence-electron chi connectivity index (χ2n) is 14.7. The normalized spacial score (nSPS) is 15.5. The molecule has 1 aliphatic carbocycles.